The normalized spacial score (nSPS) is 15.5. The number of halogens is 1. The van der Waals surface area contributed by atoms with E-state index in [1.54, 1.807) is 32.3 Å². The van der Waals surface area contributed by atoms with Crippen molar-refractivity contribution in [1.29, 1.82) is 0 Å². The lowest BCUT2D eigenvalue weighted by molar-refractivity contribution is 0.141. The number of hydrogen-bond acceptors (Lipinski definition) is 7. The molecule has 4 aromatic rings. The van der Waals surface area contributed by atoms with E-state index >= 15 is 0 Å². The van der Waals surface area contributed by atoms with Crippen molar-refractivity contribution in [1.82, 2.24) is 19.5 Å². The van der Waals surface area contributed by atoms with E-state index in [1.807, 2.05) is 4.90 Å². The fourth-order valence-electron chi connectivity index (χ4n) is 3.73. The second-order valence-corrected chi connectivity index (χ2v) is 9.24. The van der Waals surface area contributed by atoms with Gasteiger partial charge < -0.3 is 14.4 Å². The van der Waals surface area contributed by atoms with Crippen LogP contribution in [0.1, 0.15) is 24.0 Å². The minimum Gasteiger partial charge on any atom is -0.457 e. The third kappa shape index (κ3) is 3.25. The Morgan fingerprint density at radius 2 is 2.06 bits per heavy atom. The number of hydrogen-bond donors (Lipinski definition) is 2. The summed E-state index contributed by atoms with van der Waals surface area (Å²) in [5.41, 5.74) is 2.00. The van der Waals surface area contributed by atoms with Crippen molar-refractivity contribution in [2.45, 2.75) is 24.6 Å². The van der Waals surface area contributed by atoms with Crippen LogP contribution in [0.25, 0.3) is 22.0 Å². The van der Waals surface area contributed by atoms with Gasteiger partial charge in [0, 0.05) is 38.1 Å². The number of benzene rings is 1. The van der Waals surface area contributed by atoms with Gasteiger partial charge in [-0.05, 0) is 37.1 Å². The quantitative estimate of drug-likeness (QED) is 0.453. The van der Waals surface area contributed by atoms with Crippen molar-refractivity contribution < 1.29 is 22.3 Å². The Balaban J connectivity index is 1.49. The maximum Gasteiger partial charge on any atom is 0.263 e. The van der Waals surface area contributed by atoms with Crippen LogP contribution in [-0.4, -0.2) is 41.4 Å². The predicted molar refractivity (Wildman–Crippen MR) is 112 cm³/mol. The van der Waals surface area contributed by atoms with Crippen molar-refractivity contribution in [2.75, 3.05) is 18.0 Å². The highest BCUT2D eigenvalue weighted by Crippen LogP contribution is 2.32. The zero-order chi connectivity index (χ0) is 21.9. The first kappa shape index (κ1) is 19.9. The maximum atomic E-state index is 14.5. The largest absolute Gasteiger partial charge is 0.457 e. The minimum atomic E-state index is -4.23. The SMILES string of the molecule is Cc1ccnc2c1c(S(=O)(=O)NC(O)c1cc3c(F)cc(N4CCC4)cc3o1)nn2C. The molecule has 1 aromatic carbocycles. The molecule has 11 heteroatoms. The van der Waals surface area contributed by atoms with Crippen molar-refractivity contribution >= 4 is 37.7 Å². The van der Waals surface area contributed by atoms with E-state index in [0.29, 0.717) is 22.3 Å². The molecule has 0 radical (unpaired) electrons. The third-order valence-electron chi connectivity index (χ3n) is 5.50. The summed E-state index contributed by atoms with van der Waals surface area (Å²) in [6.07, 6.45) is 0.883. The Labute approximate surface area is 177 Å². The van der Waals surface area contributed by atoms with Gasteiger partial charge in [-0.1, -0.05) is 0 Å². The lowest BCUT2D eigenvalue weighted by Crippen LogP contribution is -2.36. The summed E-state index contributed by atoms with van der Waals surface area (Å²) in [5.74, 6) is -0.616. The van der Waals surface area contributed by atoms with Crippen LogP contribution in [-0.2, 0) is 17.1 Å². The zero-order valence-electron chi connectivity index (χ0n) is 16.8. The second kappa shape index (κ2) is 7.01. The highest BCUT2D eigenvalue weighted by atomic mass is 32.2. The molecule has 4 heterocycles. The predicted octanol–water partition coefficient (Wildman–Crippen LogP) is 2.34. The lowest BCUT2D eigenvalue weighted by Gasteiger charge is -2.33. The van der Waals surface area contributed by atoms with E-state index < -0.39 is 22.1 Å². The molecule has 1 aliphatic rings. The first-order chi connectivity index (χ1) is 14.7. The molecule has 2 N–H and O–H groups in total. The average Bonchev–Trinajstić information content (AvgIpc) is 3.23. The molecule has 1 saturated heterocycles. The molecule has 0 bridgehead atoms. The molecule has 0 saturated carbocycles. The number of aryl methyl sites for hydroxylation is 2. The van der Waals surface area contributed by atoms with Gasteiger partial charge in [0.2, 0.25) is 5.03 Å². The van der Waals surface area contributed by atoms with Crippen molar-refractivity contribution in [3.63, 3.8) is 0 Å². The van der Waals surface area contributed by atoms with Crippen LogP contribution in [0.15, 0.2) is 39.9 Å². The fourth-order valence-corrected chi connectivity index (χ4v) is 5.00. The molecule has 3 aromatic heterocycles. The van der Waals surface area contributed by atoms with Crippen molar-refractivity contribution in [2.24, 2.45) is 7.05 Å². The molecule has 31 heavy (non-hydrogen) atoms. The van der Waals surface area contributed by atoms with Gasteiger partial charge in [-0.15, -0.1) is 0 Å². The number of nitrogens with zero attached hydrogens (tertiary/aromatic N) is 4. The number of nitrogens with one attached hydrogen (secondary N) is 1. The van der Waals surface area contributed by atoms with Crippen LogP contribution in [0.2, 0.25) is 0 Å². The number of aliphatic hydroxyl groups is 1. The number of rotatable bonds is 5. The summed E-state index contributed by atoms with van der Waals surface area (Å²) in [5, 5.41) is 14.9. The van der Waals surface area contributed by atoms with E-state index in [4.69, 9.17) is 4.42 Å². The van der Waals surface area contributed by atoms with Gasteiger partial charge in [0.25, 0.3) is 10.0 Å². The summed E-state index contributed by atoms with van der Waals surface area (Å²) < 4.78 is 49.6. The van der Waals surface area contributed by atoms with E-state index in [1.165, 1.54) is 16.8 Å². The molecule has 162 valence electrons. The van der Waals surface area contributed by atoms with Crippen LogP contribution >= 0.6 is 0 Å². The van der Waals surface area contributed by atoms with Crippen LogP contribution in [0.5, 0.6) is 0 Å². The van der Waals surface area contributed by atoms with E-state index in [0.717, 1.165) is 19.5 Å². The highest BCUT2D eigenvalue weighted by molar-refractivity contribution is 7.89. The van der Waals surface area contributed by atoms with E-state index in [9.17, 15) is 17.9 Å². The van der Waals surface area contributed by atoms with Gasteiger partial charge in [-0.25, -0.2) is 22.5 Å². The minimum absolute atomic E-state index is 0.117. The van der Waals surface area contributed by atoms with Crippen molar-refractivity contribution in [3.05, 3.63) is 47.6 Å². The lowest BCUT2D eigenvalue weighted by atomic mass is 10.1. The van der Waals surface area contributed by atoms with Gasteiger partial charge in [0.1, 0.15) is 17.2 Å². The monoisotopic (exact) mass is 445 g/mol. The Morgan fingerprint density at radius 1 is 1.29 bits per heavy atom. The van der Waals surface area contributed by atoms with Crippen LogP contribution < -0.4 is 9.62 Å². The molecule has 0 spiro atoms. The molecule has 1 unspecified atom stereocenters. The first-order valence-corrected chi connectivity index (χ1v) is 11.2. The molecule has 5 rings (SSSR count). The van der Waals surface area contributed by atoms with Gasteiger partial charge >= 0.3 is 0 Å². The Kier molecular flexibility index (Phi) is 4.50. The third-order valence-corrected chi connectivity index (χ3v) is 6.83. The standard InChI is InChI=1S/C20H20FN5O4S/c1-11-4-5-22-18-17(11)20(23-25(18)2)31(28,29)24-19(27)16-10-13-14(21)8-12(9-15(13)30-16)26-6-3-7-26/h4-5,8-10,19,24,27H,3,6-7H2,1-2H3. The molecule has 0 aliphatic carbocycles. The van der Waals surface area contributed by atoms with Gasteiger partial charge in [0.15, 0.2) is 11.9 Å². The van der Waals surface area contributed by atoms with E-state index in [-0.39, 0.29) is 21.8 Å². The molecule has 1 aliphatic heterocycles. The number of sulfonamides is 1. The number of pyridine rings is 1. The first-order valence-electron chi connectivity index (χ1n) is 9.71. The van der Waals surface area contributed by atoms with Gasteiger partial charge in [-0.3, -0.25) is 0 Å². The summed E-state index contributed by atoms with van der Waals surface area (Å²) >= 11 is 0. The number of aliphatic hydroxyl groups excluding tert-OH is 1. The molecule has 1 fully saturated rings. The molecular formula is C20H20FN5O4S. The Bertz CT molecular complexity index is 1420. The maximum absolute atomic E-state index is 14.5. The number of anilines is 1. The van der Waals surface area contributed by atoms with Crippen LogP contribution in [0.4, 0.5) is 10.1 Å². The molecule has 0 amide bonds. The van der Waals surface area contributed by atoms with Gasteiger partial charge in [0.05, 0.1) is 10.8 Å². The summed E-state index contributed by atoms with van der Waals surface area (Å²) in [6, 6.07) is 6.06. The van der Waals surface area contributed by atoms with Gasteiger partial charge in [-0.2, -0.15) is 9.82 Å². The van der Waals surface area contributed by atoms with Crippen LogP contribution in [0.3, 0.4) is 0 Å². The average molecular weight is 445 g/mol. The zero-order valence-corrected chi connectivity index (χ0v) is 17.6. The number of fused-ring (bicyclic) bond motifs is 2. The van der Waals surface area contributed by atoms with E-state index in [2.05, 4.69) is 14.8 Å². The number of aromatic nitrogens is 3. The summed E-state index contributed by atoms with van der Waals surface area (Å²) in [6.45, 7) is 3.43. The smallest absolute Gasteiger partial charge is 0.263 e. The van der Waals surface area contributed by atoms with Crippen LogP contribution in [0, 0.1) is 12.7 Å². The summed E-state index contributed by atoms with van der Waals surface area (Å²) in [7, 11) is -2.65. The topological polar surface area (TPSA) is 113 Å². The molecular weight excluding hydrogens is 425 g/mol. The molecule has 9 nitrogen and oxygen atoms in total. The fraction of sp³-hybridized carbons (Fsp3) is 0.300. The Morgan fingerprint density at radius 3 is 2.77 bits per heavy atom. The highest BCUT2D eigenvalue weighted by Gasteiger charge is 2.29. The van der Waals surface area contributed by atoms with Crippen molar-refractivity contribution in [3.8, 4) is 0 Å². The second-order valence-electron chi connectivity index (χ2n) is 7.61. The summed E-state index contributed by atoms with van der Waals surface area (Å²) in [4.78, 5) is 6.17. The molecule has 1 atom stereocenters. The number of furan rings is 1. The Hall–Kier alpha value is -3.02.